The van der Waals surface area contributed by atoms with E-state index in [9.17, 15) is 15.0 Å². The van der Waals surface area contributed by atoms with Gasteiger partial charge in [-0.25, -0.2) is 4.79 Å². The first kappa shape index (κ1) is 14.0. The zero-order valence-corrected chi connectivity index (χ0v) is 10.9. The van der Waals surface area contributed by atoms with E-state index in [0.29, 0.717) is 5.56 Å². The SMILES string of the molecule is C[C@H]1O[C@@H](n2cc(/C=C/Cl)c(N)nc2=O)[C@H](O)[C@@H]1O. The van der Waals surface area contributed by atoms with Gasteiger partial charge < -0.3 is 20.7 Å². The number of aliphatic hydroxyl groups excluding tert-OH is 2. The Morgan fingerprint density at radius 1 is 1.53 bits per heavy atom. The summed E-state index contributed by atoms with van der Waals surface area (Å²) in [5.74, 6) is 0.0271. The second kappa shape index (κ2) is 5.30. The molecule has 0 bridgehead atoms. The molecular formula is C11H14ClN3O4. The van der Waals surface area contributed by atoms with Crippen LogP contribution in [0.2, 0.25) is 0 Å². The highest BCUT2D eigenvalue weighted by Crippen LogP contribution is 2.28. The first-order valence-corrected chi connectivity index (χ1v) is 6.06. The Balaban J connectivity index is 2.46. The normalized spacial score (nSPS) is 31.2. The van der Waals surface area contributed by atoms with Gasteiger partial charge in [-0.05, 0) is 13.0 Å². The molecule has 4 atom stereocenters. The number of hydrogen-bond acceptors (Lipinski definition) is 6. The summed E-state index contributed by atoms with van der Waals surface area (Å²) in [5.41, 5.74) is 6.55. The Morgan fingerprint density at radius 2 is 2.21 bits per heavy atom. The van der Waals surface area contributed by atoms with E-state index >= 15 is 0 Å². The minimum atomic E-state index is -1.22. The van der Waals surface area contributed by atoms with Crippen LogP contribution in [-0.2, 0) is 4.74 Å². The molecule has 1 aromatic rings. The largest absolute Gasteiger partial charge is 0.388 e. The van der Waals surface area contributed by atoms with Crippen LogP contribution in [0, 0.1) is 0 Å². The van der Waals surface area contributed by atoms with Crippen molar-refractivity contribution in [1.82, 2.24) is 9.55 Å². The topological polar surface area (TPSA) is 111 Å². The van der Waals surface area contributed by atoms with Crippen molar-refractivity contribution in [3.8, 4) is 0 Å². The fourth-order valence-corrected chi connectivity index (χ4v) is 2.07. The standard InChI is InChI=1S/C11H14ClN3O4/c1-5-7(16)8(17)10(19-5)15-4-6(2-3-12)9(13)14-11(15)18/h2-5,7-8,10,16-17H,1H3,(H2,13,14,18)/b3-2+/t5-,7-,8-,10-/m1/s1. The third-order valence-corrected chi connectivity index (χ3v) is 3.13. The first-order chi connectivity index (χ1) is 8.95. The summed E-state index contributed by atoms with van der Waals surface area (Å²) in [5, 5.41) is 19.5. The zero-order valence-electron chi connectivity index (χ0n) is 10.1. The fourth-order valence-electron chi connectivity index (χ4n) is 1.93. The van der Waals surface area contributed by atoms with Gasteiger partial charge in [0.25, 0.3) is 0 Å². The van der Waals surface area contributed by atoms with E-state index in [1.54, 1.807) is 6.92 Å². The van der Waals surface area contributed by atoms with Gasteiger partial charge in [0.1, 0.15) is 18.0 Å². The smallest absolute Gasteiger partial charge is 0.351 e. The average Bonchev–Trinajstić information content (AvgIpc) is 2.61. The highest BCUT2D eigenvalue weighted by atomic mass is 35.5. The van der Waals surface area contributed by atoms with Gasteiger partial charge in [0, 0.05) is 17.3 Å². The summed E-state index contributed by atoms with van der Waals surface area (Å²) < 4.78 is 6.43. The predicted octanol–water partition coefficient (Wildman–Crippen LogP) is -0.326. The zero-order chi connectivity index (χ0) is 14.2. The predicted molar refractivity (Wildman–Crippen MR) is 69.4 cm³/mol. The van der Waals surface area contributed by atoms with Crippen LogP contribution in [0.3, 0.4) is 0 Å². The third kappa shape index (κ3) is 2.50. The summed E-state index contributed by atoms with van der Waals surface area (Å²) in [7, 11) is 0. The van der Waals surface area contributed by atoms with Crippen LogP contribution in [0.25, 0.3) is 6.08 Å². The Labute approximate surface area is 113 Å². The number of nitrogen functional groups attached to an aromatic ring is 1. The van der Waals surface area contributed by atoms with Crippen LogP contribution >= 0.6 is 11.6 Å². The number of ether oxygens (including phenoxy) is 1. The van der Waals surface area contributed by atoms with Crippen molar-refractivity contribution < 1.29 is 14.9 Å². The summed E-state index contributed by atoms with van der Waals surface area (Å²) in [4.78, 5) is 15.4. The molecule has 0 radical (unpaired) electrons. The monoisotopic (exact) mass is 287 g/mol. The van der Waals surface area contributed by atoms with E-state index in [0.717, 1.165) is 4.57 Å². The molecule has 8 heteroatoms. The lowest BCUT2D eigenvalue weighted by Gasteiger charge is -2.17. The number of aliphatic hydroxyl groups is 2. The lowest BCUT2D eigenvalue weighted by molar-refractivity contribution is -0.0350. The van der Waals surface area contributed by atoms with Crippen molar-refractivity contribution in [2.45, 2.75) is 31.5 Å². The first-order valence-electron chi connectivity index (χ1n) is 5.62. The molecule has 1 saturated heterocycles. The molecule has 1 fully saturated rings. The van der Waals surface area contributed by atoms with Gasteiger partial charge in [-0.3, -0.25) is 4.57 Å². The minimum Gasteiger partial charge on any atom is -0.388 e. The molecule has 0 unspecified atom stereocenters. The quantitative estimate of drug-likeness (QED) is 0.687. The van der Waals surface area contributed by atoms with Gasteiger partial charge in [-0.2, -0.15) is 4.98 Å². The highest BCUT2D eigenvalue weighted by Gasteiger charge is 2.41. The molecule has 1 aliphatic heterocycles. The Morgan fingerprint density at radius 3 is 2.74 bits per heavy atom. The summed E-state index contributed by atoms with van der Waals surface area (Å²) in [6.45, 7) is 1.60. The lowest BCUT2D eigenvalue weighted by atomic mass is 10.1. The number of nitrogens with zero attached hydrogens (tertiary/aromatic N) is 2. The Bertz CT molecular complexity index is 559. The second-order valence-electron chi connectivity index (χ2n) is 4.28. The summed E-state index contributed by atoms with van der Waals surface area (Å²) >= 11 is 5.46. The number of rotatable bonds is 2. The van der Waals surface area contributed by atoms with Crippen LogP contribution in [0.1, 0.15) is 18.7 Å². The van der Waals surface area contributed by atoms with Crippen molar-refractivity contribution in [3.05, 3.63) is 27.8 Å². The summed E-state index contributed by atoms with van der Waals surface area (Å²) in [6, 6.07) is 0. The second-order valence-corrected chi connectivity index (χ2v) is 4.53. The van der Waals surface area contributed by atoms with Gasteiger partial charge in [-0.1, -0.05) is 11.6 Å². The van der Waals surface area contributed by atoms with E-state index in [1.807, 2.05) is 0 Å². The van der Waals surface area contributed by atoms with E-state index in [-0.39, 0.29) is 5.82 Å². The third-order valence-electron chi connectivity index (χ3n) is 3.00. The van der Waals surface area contributed by atoms with Crippen LogP contribution in [-0.4, -0.2) is 38.1 Å². The van der Waals surface area contributed by atoms with Crippen LogP contribution in [0.5, 0.6) is 0 Å². The van der Waals surface area contributed by atoms with Crippen LogP contribution < -0.4 is 11.4 Å². The van der Waals surface area contributed by atoms with Crippen LogP contribution in [0.15, 0.2) is 16.5 Å². The van der Waals surface area contributed by atoms with Gasteiger partial charge in [0.2, 0.25) is 0 Å². The molecule has 4 N–H and O–H groups in total. The maximum Gasteiger partial charge on any atom is 0.351 e. The van der Waals surface area contributed by atoms with Crippen molar-refractivity contribution in [2.75, 3.05) is 5.73 Å². The van der Waals surface area contributed by atoms with E-state index in [2.05, 4.69) is 4.98 Å². The van der Waals surface area contributed by atoms with E-state index in [1.165, 1.54) is 17.8 Å². The molecule has 19 heavy (non-hydrogen) atoms. The van der Waals surface area contributed by atoms with Crippen molar-refractivity contribution in [2.24, 2.45) is 0 Å². The maximum atomic E-state index is 11.8. The molecule has 1 aliphatic rings. The van der Waals surface area contributed by atoms with Gasteiger partial charge in [-0.15, -0.1) is 0 Å². The molecule has 0 aromatic carbocycles. The molecule has 0 aliphatic carbocycles. The highest BCUT2D eigenvalue weighted by molar-refractivity contribution is 6.27. The molecule has 2 heterocycles. The Hall–Kier alpha value is -1.41. The molecular weight excluding hydrogens is 274 g/mol. The number of halogens is 1. The van der Waals surface area contributed by atoms with Crippen LogP contribution in [0.4, 0.5) is 5.82 Å². The molecule has 104 valence electrons. The molecule has 1 aromatic heterocycles. The number of aromatic nitrogens is 2. The van der Waals surface area contributed by atoms with Crippen molar-refractivity contribution in [3.63, 3.8) is 0 Å². The molecule has 7 nitrogen and oxygen atoms in total. The Kier molecular flexibility index (Phi) is 3.91. The fraction of sp³-hybridized carbons (Fsp3) is 0.455. The molecule has 0 amide bonds. The van der Waals surface area contributed by atoms with Crippen molar-refractivity contribution in [1.29, 1.82) is 0 Å². The number of nitrogens with two attached hydrogens (primary N) is 1. The number of hydrogen-bond donors (Lipinski definition) is 3. The molecule has 0 saturated carbocycles. The summed E-state index contributed by atoms with van der Waals surface area (Å²) in [6.07, 6.45) is -1.04. The van der Waals surface area contributed by atoms with E-state index < -0.39 is 30.2 Å². The maximum absolute atomic E-state index is 11.8. The average molecular weight is 288 g/mol. The van der Waals surface area contributed by atoms with Gasteiger partial charge in [0.05, 0.1) is 6.10 Å². The minimum absolute atomic E-state index is 0.0271. The molecule has 2 rings (SSSR count). The number of anilines is 1. The van der Waals surface area contributed by atoms with E-state index in [4.69, 9.17) is 22.1 Å². The van der Waals surface area contributed by atoms with Gasteiger partial charge in [0.15, 0.2) is 6.23 Å². The van der Waals surface area contributed by atoms with Crippen molar-refractivity contribution >= 4 is 23.5 Å². The molecule has 0 spiro atoms. The lowest BCUT2D eigenvalue weighted by Crippen LogP contribution is -2.35. The van der Waals surface area contributed by atoms with Gasteiger partial charge >= 0.3 is 5.69 Å².